The monoisotopic (exact) mass is 404 g/mol. The third kappa shape index (κ3) is 20.8. The number of hydrogen-bond acceptors (Lipinski definition) is 0. The molecule has 2 radical (unpaired) electrons. The summed E-state index contributed by atoms with van der Waals surface area (Å²) in [6, 6.07) is 0. The van der Waals surface area contributed by atoms with Crippen LogP contribution in [0.5, 0.6) is 0 Å². The van der Waals surface area contributed by atoms with E-state index in [1.165, 1.54) is 122 Å². The van der Waals surface area contributed by atoms with Crippen molar-refractivity contribution in [2.24, 2.45) is 11.8 Å². The topological polar surface area (TPSA) is 0 Å². The first-order chi connectivity index (χ1) is 14.3. The molecule has 0 rings (SSSR count). The molecule has 0 N–H and O–H groups in total. The molecule has 0 aromatic rings. The van der Waals surface area contributed by atoms with Crippen molar-refractivity contribution in [3.63, 3.8) is 0 Å². The Morgan fingerprint density at radius 2 is 0.931 bits per heavy atom. The Morgan fingerprint density at radius 3 is 1.38 bits per heavy atom. The number of rotatable bonds is 23. The third-order valence-corrected chi connectivity index (χ3v) is 6.76. The molecule has 29 heavy (non-hydrogen) atoms. The average molecular weight is 405 g/mol. The van der Waals surface area contributed by atoms with Gasteiger partial charge in [0.2, 0.25) is 0 Å². The molecular weight excluding hydrogens is 348 g/mol. The summed E-state index contributed by atoms with van der Waals surface area (Å²) < 4.78 is 0. The van der Waals surface area contributed by atoms with E-state index in [1.54, 1.807) is 0 Å². The molecule has 0 heterocycles. The molecule has 2 atom stereocenters. The first kappa shape index (κ1) is 28.7. The summed E-state index contributed by atoms with van der Waals surface area (Å²) in [7, 11) is 0. The summed E-state index contributed by atoms with van der Waals surface area (Å²) in [6.45, 7) is 12.7. The van der Waals surface area contributed by atoms with Crippen LogP contribution >= 0.6 is 0 Å². The minimum absolute atomic E-state index is 0.915. The molecule has 0 aliphatic rings. The van der Waals surface area contributed by atoms with Gasteiger partial charge in [-0.3, -0.25) is 0 Å². The van der Waals surface area contributed by atoms with Crippen LogP contribution in [-0.2, 0) is 0 Å². The van der Waals surface area contributed by atoms with Crippen LogP contribution in [0.15, 0.2) is 12.2 Å². The molecule has 0 spiro atoms. The summed E-state index contributed by atoms with van der Waals surface area (Å²) >= 11 is 0. The summed E-state index contributed by atoms with van der Waals surface area (Å²) in [5.74, 6) is 1.89. The highest BCUT2D eigenvalue weighted by molar-refractivity contribution is 4.81. The molecule has 0 saturated heterocycles. The SMILES string of the molecule is [CH2]CCCCCC=CCCCCCCC(CCCCCCCCC[CH2])C(C)CC. The minimum atomic E-state index is 0.915. The number of unbranched alkanes of at least 4 members (excludes halogenated alkanes) is 15. The zero-order valence-electron chi connectivity index (χ0n) is 20.6. The van der Waals surface area contributed by atoms with Crippen molar-refractivity contribution in [3.05, 3.63) is 26.0 Å². The van der Waals surface area contributed by atoms with Crippen LogP contribution in [0.4, 0.5) is 0 Å². The molecular formula is C29H56. The summed E-state index contributed by atoms with van der Waals surface area (Å²) in [5, 5.41) is 0. The fourth-order valence-corrected chi connectivity index (χ4v) is 4.39. The Labute approximate surface area is 186 Å². The van der Waals surface area contributed by atoms with Gasteiger partial charge in [0.15, 0.2) is 0 Å². The van der Waals surface area contributed by atoms with Gasteiger partial charge in [-0.05, 0) is 37.5 Å². The molecule has 0 aliphatic carbocycles. The normalized spacial score (nSPS) is 13.9. The maximum absolute atomic E-state index is 3.94. The fraction of sp³-hybridized carbons (Fsp3) is 0.862. The lowest BCUT2D eigenvalue weighted by Gasteiger charge is -2.23. The Bertz CT molecular complexity index is 316. The van der Waals surface area contributed by atoms with Crippen molar-refractivity contribution in [1.82, 2.24) is 0 Å². The second-order valence-electron chi connectivity index (χ2n) is 9.43. The lowest BCUT2D eigenvalue weighted by atomic mass is 9.83. The van der Waals surface area contributed by atoms with Crippen LogP contribution < -0.4 is 0 Å². The van der Waals surface area contributed by atoms with Gasteiger partial charge in [0.1, 0.15) is 0 Å². The lowest BCUT2D eigenvalue weighted by Crippen LogP contribution is -2.11. The van der Waals surface area contributed by atoms with Crippen LogP contribution in [0.2, 0.25) is 0 Å². The molecule has 0 aromatic carbocycles. The molecule has 0 amide bonds. The van der Waals surface area contributed by atoms with E-state index in [0.29, 0.717) is 0 Å². The number of allylic oxidation sites excluding steroid dienone is 2. The second kappa shape index (κ2) is 24.0. The molecule has 0 aromatic heterocycles. The maximum atomic E-state index is 3.94. The van der Waals surface area contributed by atoms with Crippen molar-refractivity contribution in [2.45, 2.75) is 149 Å². The lowest BCUT2D eigenvalue weighted by molar-refractivity contribution is 0.288. The average Bonchev–Trinajstić information content (AvgIpc) is 2.74. The largest absolute Gasteiger partial charge is 0.0885 e. The van der Waals surface area contributed by atoms with Gasteiger partial charge in [0, 0.05) is 0 Å². The maximum Gasteiger partial charge on any atom is -0.0351 e. The molecule has 2 unspecified atom stereocenters. The van der Waals surface area contributed by atoms with Crippen molar-refractivity contribution in [2.75, 3.05) is 0 Å². The third-order valence-electron chi connectivity index (χ3n) is 6.76. The van der Waals surface area contributed by atoms with E-state index in [9.17, 15) is 0 Å². The Morgan fingerprint density at radius 1 is 0.552 bits per heavy atom. The van der Waals surface area contributed by atoms with Crippen LogP contribution in [0.3, 0.4) is 0 Å². The van der Waals surface area contributed by atoms with Gasteiger partial charge in [-0.2, -0.15) is 0 Å². The van der Waals surface area contributed by atoms with Crippen molar-refractivity contribution >= 4 is 0 Å². The van der Waals surface area contributed by atoms with Gasteiger partial charge in [-0.25, -0.2) is 0 Å². The molecule has 0 heteroatoms. The van der Waals surface area contributed by atoms with Crippen LogP contribution in [-0.4, -0.2) is 0 Å². The predicted octanol–water partition coefficient (Wildman–Crippen LogP) is 10.7. The van der Waals surface area contributed by atoms with E-state index in [4.69, 9.17) is 0 Å². The second-order valence-corrected chi connectivity index (χ2v) is 9.43. The molecule has 0 bridgehead atoms. The summed E-state index contributed by atoms with van der Waals surface area (Å²) in [6.07, 6.45) is 33.6. The van der Waals surface area contributed by atoms with E-state index < -0.39 is 0 Å². The summed E-state index contributed by atoms with van der Waals surface area (Å²) in [4.78, 5) is 0. The van der Waals surface area contributed by atoms with Gasteiger partial charge in [-0.15, -0.1) is 0 Å². The highest BCUT2D eigenvalue weighted by atomic mass is 14.2. The number of hydrogen-bond donors (Lipinski definition) is 0. The highest BCUT2D eigenvalue weighted by Crippen LogP contribution is 2.27. The zero-order chi connectivity index (χ0) is 21.4. The van der Waals surface area contributed by atoms with Crippen molar-refractivity contribution in [3.8, 4) is 0 Å². The van der Waals surface area contributed by atoms with Crippen LogP contribution in [0, 0.1) is 25.7 Å². The van der Waals surface area contributed by atoms with Crippen molar-refractivity contribution in [1.29, 1.82) is 0 Å². The highest BCUT2D eigenvalue weighted by Gasteiger charge is 2.14. The summed E-state index contributed by atoms with van der Waals surface area (Å²) in [5.41, 5.74) is 0. The van der Waals surface area contributed by atoms with Gasteiger partial charge < -0.3 is 0 Å². The van der Waals surface area contributed by atoms with Gasteiger partial charge >= 0.3 is 0 Å². The molecule has 172 valence electrons. The quantitative estimate of drug-likeness (QED) is 0.117. The zero-order valence-corrected chi connectivity index (χ0v) is 20.6. The molecule has 0 aliphatic heterocycles. The minimum Gasteiger partial charge on any atom is -0.0885 e. The Kier molecular flexibility index (Phi) is 23.8. The van der Waals surface area contributed by atoms with Gasteiger partial charge in [0.25, 0.3) is 0 Å². The van der Waals surface area contributed by atoms with Crippen LogP contribution in [0.25, 0.3) is 0 Å². The molecule has 0 nitrogen and oxygen atoms in total. The van der Waals surface area contributed by atoms with E-state index in [0.717, 1.165) is 24.7 Å². The smallest absolute Gasteiger partial charge is 0.0351 e. The first-order valence-corrected chi connectivity index (χ1v) is 13.5. The Balaban J connectivity index is 3.63. The van der Waals surface area contributed by atoms with Gasteiger partial charge in [0.05, 0.1) is 0 Å². The van der Waals surface area contributed by atoms with Crippen molar-refractivity contribution < 1.29 is 0 Å². The van der Waals surface area contributed by atoms with E-state index >= 15 is 0 Å². The van der Waals surface area contributed by atoms with E-state index in [1.807, 2.05) is 0 Å². The fourth-order valence-electron chi connectivity index (χ4n) is 4.39. The standard InChI is InChI=1S/C29H56/c1-5-8-10-12-14-16-17-18-19-21-23-25-27-29(28(4)7-3)26-24-22-20-15-13-11-9-6-2/h16-17,28-29H,1-2,5-15,18-27H2,3-4H3. The van der Waals surface area contributed by atoms with Crippen LogP contribution in [0.1, 0.15) is 149 Å². The van der Waals surface area contributed by atoms with E-state index in [2.05, 4.69) is 39.8 Å². The predicted molar refractivity (Wildman–Crippen MR) is 135 cm³/mol. The Hall–Kier alpha value is -0.260. The molecule has 0 fully saturated rings. The van der Waals surface area contributed by atoms with E-state index in [-0.39, 0.29) is 0 Å². The van der Waals surface area contributed by atoms with Gasteiger partial charge in [-0.1, -0.05) is 149 Å². The molecule has 0 saturated carbocycles. The first-order valence-electron chi connectivity index (χ1n) is 13.5.